The SMILES string of the molecule is COc1ccc(N2CCN(C(=O)c3cccnc3Nc3ccc(S(=O)(=O)Nc4nc5c([N+](=O)[O-])cccc5s4)cc3)CC2)cc1. The lowest BCUT2D eigenvalue weighted by Gasteiger charge is -2.36. The van der Waals surface area contributed by atoms with Gasteiger partial charge in [-0.3, -0.25) is 19.6 Å². The van der Waals surface area contributed by atoms with Crippen LogP contribution in [0.4, 0.5) is 28.0 Å². The van der Waals surface area contributed by atoms with Crippen molar-refractivity contribution >= 4 is 65.5 Å². The summed E-state index contributed by atoms with van der Waals surface area (Å²) >= 11 is 1.00. The molecule has 3 aromatic carbocycles. The fourth-order valence-corrected chi connectivity index (χ4v) is 7.08. The number of benzene rings is 3. The van der Waals surface area contributed by atoms with Gasteiger partial charge in [0.05, 0.1) is 27.2 Å². The number of sulfonamides is 1. The standard InChI is InChI=1S/C30H27N7O6S2/c1-43-22-11-9-21(10-12-22)35-16-18-36(19-17-35)29(38)24-4-3-15-31-28(24)32-20-7-13-23(14-8-20)45(41,42)34-30-33-27-25(37(39)40)5-2-6-26(27)44-30/h2-15H,16-19H2,1H3,(H,31,32)(H,33,34). The van der Waals surface area contributed by atoms with Crippen molar-refractivity contribution < 1.29 is 22.9 Å². The molecule has 2 N–H and O–H groups in total. The molecule has 1 aliphatic heterocycles. The number of pyridine rings is 1. The fraction of sp³-hybridized carbons (Fsp3) is 0.167. The summed E-state index contributed by atoms with van der Waals surface area (Å²) < 4.78 is 34.2. The predicted octanol–water partition coefficient (Wildman–Crippen LogP) is 5.11. The third kappa shape index (κ3) is 6.34. The zero-order chi connectivity index (χ0) is 31.6. The number of para-hydroxylation sites is 1. The first-order valence-electron chi connectivity index (χ1n) is 13.8. The van der Waals surface area contributed by atoms with Crippen molar-refractivity contribution in [3.63, 3.8) is 0 Å². The van der Waals surface area contributed by atoms with Crippen LogP contribution >= 0.6 is 11.3 Å². The number of carbonyl (C=O) groups excluding carboxylic acids is 1. The molecular formula is C30H27N7O6S2. The quantitative estimate of drug-likeness (QED) is 0.163. The molecule has 0 radical (unpaired) electrons. The largest absolute Gasteiger partial charge is 0.497 e. The van der Waals surface area contributed by atoms with Crippen molar-refractivity contribution in [3.8, 4) is 5.75 Å². The highest BCUT2D eigenvalue weighted by Gasteiger charge is 2.25. The molecule has 3 heterocycles. The van der Waals surface area contributed by atoms with Gasteiger partial charge in [-0.15, -0.1) is 0 Å². The normalized spacial score (nSPS) is 13.4. The van der Waals surface area contributed by atoms with E-state index in [2.05, 4.69) is 24.9 Å². The van der Waals surface area contributed by atoms with Crippen LogP contribution in [0.3, 0.4) is 0 Å². The number of ether oxygens (including phenoxy) is 1. The number of aromatic nitrogens is 2. The number of nitrogens with one attached hydrogen (secondary N) is 2. The Kier molecular flexibility index (Phi) is 8.19. The first-order chi connectivity index (χ1) is 21.7. The molecule has 2 aromatic heterocycles. The van der Waals surface area contributed by atoms with Gasteiger partial charge in [0.2, 0.25) is 0 Å². The van der Waals surface area contributed by atoms with Crippen molar-refractivity contribution in [3.05, 3.63) is 101 Å². The van der Waals surface area contributed by atoms with E-state index >= 15 is 0 Å². The van der Waals surface area contributed by atoms with Crippen molar-refractivity contribution in [1.29, 1.82) is 0 Å². The van der Waals surface area contributed by atoms with Crippen molar-refractivity contribution in [2.75, 3.05) is 48.2 Å². The van der Waals surface area contributed by atoms with Crippen LogP contribution in [0.15, 0.2) is 90.0 Å². The molecule has 0 saturated carbocycles. The van der Waals surface area contributed by atoms with E-state index in [0.717, 1.165) is 22.8 Å². The number of fused-ring (bicyclic) bond motifs is 1. The van der Waals surface area contributed by atoms with Crippen molar-refractivity contribution in [2.24, 2.45) is 0 Å². The number of nitro groups is 1. The molecule has 5 aromatic rings. The van der Waals surface area contributed by atoms with Crippen LogP contribution in [0.2, 0.25) is 0 Å². The van der Waals surface area contributed by atoms with Gasteiger partial charge in [0, 0.05) is 49.8 Å². The molecule has 1 saturated heterocycles. The molecule has 0 atom stereocenters. The first kappa shape index (κ1) is 29.8. The molecule has 1 amide bonds. The van der Waals surface area contributed by atoms with Gasteiger partial charge >= 0.3 is 0 Å². The highest BCUT2D eigenvalue weighted by atomic mass is 32.2. The van der Waals surface area contributed by atoms with E-state index < -0.39 is 14.9 Å². The van der Waals surface area contributed by atoms with Gasteiger partial charge in [-0.25, -0.2) is 18.4 Å². The molecule has 6 rings (SSSR count). The summed E-state index contributed by atoms with van der Waals surface area (Å²) in [4.78, 5) is 36.7. The number of amides is 1. The van der Waals surface area contributed by atoms with Crippen molar-refractivity contribution in [1.82, 2.24) is 14.9 Å². The number of methoxy groups -OCH3 is 1. The van der Waals surface area contributed by atoms with Gasteiger partial charge in [0.25, 0.3) is 21.6 Å². The Bertz CT molecular complexity index is 1970. The maximum absolute atomic E-state index is 13.5. The summed E-state index contributed by atoms with van der Waals surface area (Å²) in [7, 11) is -2.41. The molecule has 15 heteroatoms. The molecule has 1 aliphatic rings. The summed E-state index contributed by atoms with van der Waals surface area (Å²) in [6.45, 7) is 2.44. The van der Waals surface area contributed by atoms with E-state index in [9.17, 15) is 23.3 Å². The van der Waals surface area contributed by atoms with Gasteiger partial charge in [-0.05, 0) is 66.7 Å². The minimum atomic E-state index is -4.03. The van der Waals surface area contributed by atoms with Crippen LogP contribution in [0, 0.1) is 10.1 Å². The smallest absolute Gasteiger partial charge is 0.296 e. The highest BCUT2D eigenvalue weighted by Crippen LogP contribution is 2.33. The maximum atomic E-state index is 13.5. The summed E-state index contributed by atoms with van der Waals surface area (Å²) in [5.74, 6) is 0.987. The second kappa shape index (κ2) is 12.4. The number of nitro benzene ring substituents is 1. The van der Waals surface area contributed by atoms with E-state index in [1.807, 2.05) is 24.3 Å². The lowest BCUT2D eigenvalue weighted by Crippen LogP contribution is -2.48. The lowest BCUT2D eigenvalue weighted by atomic mass is 10.2. The summed E-state index contributed by atoms with van der Waals surface area (Å²) in [6, 6.07) is 21.6. The topological polar surface area (TPSA) is 160 Å². The Hall–Kier alpha value is -5.28. The van der Waals surface area contributed by atoms with Gasteiger partial charge in [-0.1, -0.05) is 17.4 Å². The number of piperazine rings is 1. The Morgan fingerprint density at radius 1 is 0.978 bits per heavy atom. The van der Waals surface area contributed by atoms with E-state index in [1.165, 1.54) is 24.3 Å². The zero-order valence-electron chi connectivity index (χ0n) is 23.9. The van der Waals surface area contributed by atoms with E-state index in [0.29, 0.717) is 47.9 Å². The minimum Gasteiger partial charge on any atom is -0.497 e. The number of hydrogen-bond donors (Lipinski definition) is 2. The van der Waals surface area contributed by atoms with Crippen molar-refractivity contribution in [2.45, 2.75) is 4.90 Å². The highest BCUT2D eigenvalue weighted by molar-refractivity contribution is 7.93. The number of rotatable bonds is 9. The monoisotopic (exact) mass is 645 g/mol. The predicted molar refractivity (Wildman–Crippen MR) is 172 cm³/mol. The molecular weight excluding hydrogens is 619 g/mol. The summed E-state index contributed by atoms with van der Waals surface area (Å²) in [5.41, 5.74) is 1.91. The van der Waals surface area contributed by atoms with Crippen LogP contribution in [0.1, 0.15) is 10.4 Å². The molecule has 0 unspecified atom stereocenters. The van der Waals surface area contributed by atoms with Gasteiger partial charge < -0.3 is 19.9 Å². The first-order valence-corrected chi connectivity index (χ1v) is 16.1. The number of non-ortho nitro benzene ring substituents is 1. The van der Waals surface area contributed by atoms with Crippen LogP contribution in [-0.4, -0.2) is 67.4 Å². The molecule has 0 aliphatic carbocycles. The Balaban J connectivity index is 1.12. The van der Waals surface area contributed by atoms with Crippen LogP contribution < -0.4 is 19.7 Å². The van der Waals surface area contributed by atoms with Gasteiger partial charge in [0.1, 0.15) is 11.6 Å². The third-order valence-electron chi connectivity index (χ3n) is 7.29. The van der Waals surface area contributed by atoms with Crippen LogP contribution in [-0.2, 0) is 10.0 Å². The minimum absolute atomic E-state index is 0.0166. The second-order valence-electron chi connectivity index (χ2n) is 10.0. The lowest BCUT2D eigenvalue weighted by molar-refractivity contribution is -0.383. The zero-order valence-corrected chi connectivity index (χ0v) is 25.5. The van der Waals surface area contributed by atoms with E-state index in [-0.39, 0.29) is 27.1 Å². The fourth-order valence-electron chi connectivity index (χ4n) is 4.96. The number of nitrogens with zero attached hydrogens (tertiary/aromatic N) is 5. The van der Waals surface area contributed by atoms with Crippen LogP contribution in [0.5, 0.6) is 5.75 Å². The van der Waals surface area contributed by atoms with E-state index in [1.54, 1.807) is 48.5 Å². The average molecular weight is 646 g/mol. The van der Waals surface area contributed by atoms with E-state index in [4.69, 9.17) is 4.74 Å². The molecule has 0 bridgehead atoms. The average Bonchev–Trinajstić information content (AvgIpc) is 3.47. The molecule has 0 spiro atoms. The number of carbonyl (C=O) groups is 1. The molecule has 45 heavy (non-hydrogen) atoms. The Morgan fingerprint density at radius 2 is 1.71 bits per heavy atom. The summed E-state index contributed by atoms with van der Waals surface area (Å²) in [5, 5.41) is 14.5. The number of thiazole rings is 1. The molecule has 13 nitrogen and oxygen atoms in total. The molecule has 230 valence electrons. The maximum Gasteiger partial charge on any atom is 0.296 e. The van der Waals surface area contributed by atoms with Gasteiger partial charge in [-0.2, -0.15) is 0 Å². The Labute approximate surface area is 262 Å². The van der Waals surface area contributed by atoms with Gasteiger partial charge in [0.15, 0.2) is 10.6 Å². The number of anilines is 4. The second-order valence-corrected chi connectivity index (χ2v) is 12.7. The molecule has 1 fully saturated rings. The van der Waals surface area contributed by atoms with Crippen LogP contribution in [0.25, 0.3) is 10.2 Å². The Morgan fingerprint density at radius 3 is 2.40 bits per heavy atom. The number of hydrogen-bond acceptors (Lipinski definition) is 11. The third-order valence-corrected chi connectivity index (χ3v) is 9.71. The summed E-state index contributed by atoms with van der Waals surface area (Å²) in [6.07, 6.45) is 1.58.